The molecule has 0 saturated carbocycles. The number of rotatable bonds is 2. The lowest BCUT2D eigenvalue weighted by Crippen LogP contribution is -2.06. The monoisotopic (exact) mass is 239 g/mol. The van der Waals surface area contributed by atoms with Crippen LogP contribution in [0.2, 0.25) is 0 Å². The van der Waals surface area contributed by atoms with E-state index in [9.17, 15) is 4.79 Å². The highest BCUT2D eigenvalue weighted by Crippen LogP contribution is 2.20. The van der Waals surface area contributed by atoms with Crippen LogP contribution in [0.5, 0.6) is 0 Å². The molecule has 0 amide bonds. The first kappa shape index (κ1) is 10.5. The van der Waals surface area contributed by atoms with Crippen molar-refractivity contribution in [2.75, 3.05) is 0 Å². The van der Waals surface area contributed by atoms with Gasteiger partial charge in [-0.2, -0.15) is 0 Å². The highest BCUT2D eigenvalue weighted by atomic mass is 16.3. The first-order valence-electron chi connectivity index (χ1n) is 5.39. The summed E-state index contributed by atoms with van der Waals surface area (Å²) in [5.74, 6) is 1.12. The summed E-state index contributed by atoms with van der Waals surface area (Å²) in [5.41, 5.74) is 1.09. The quantitative estimate of drug-likeness (QED) is 0.743. The zero-order chi connectivity index (χ0) is 12.4. The lowest BCUT2D eigenvalue weighted by atomic mass is 10.2. The molecule has 0 saturated heterocycles. The van der Waals surface area contributed by atoms with Gasteiger partial charge >= 0.3 is 0 Å². The molecule has 0 aromatic carbocycles. The Morgan fingerprint density at radius 3 is 2.72 bits per heavy atom. The summed E-state index contributed by atoms with van der Waals surface area (Å²) >= 11 is 0. The van der Waals surface area contributed by atoms with Crippen LogP contribution >= 0.6 is 0 Å². The summed E-state index contributed by atoms with van der Waals surface area (Å²) in [6.45, 7) is 0. The second kappa shape index (κ2) is 4.29. The Labute approximate surface area is 102 Å². The fourth-order valence-corrected chi connectivity index (χ4v) is 1.63. The third-order valence-electron chi connectivity index (χ3n) is 2.44. The summed E-state index contributed by atoms with van der Waals surface area (Å²) in [7, 11) is 0. The molecule has 0 atom stereocenters. The van der Waals surface area contributed by atoms with E-state index >= 15 is 0 Å². The molecule has 0 fully saturated rings. The van der Waals surface area contributed by atoms with E-state index in [-0.39, 0.29) is 5.56 Å². The van der Waals surface area contributed by atoms with Crippen molar-refractivity contribution in [1.82, 2.24) is 15.0 Å². The molecule has 3 aromatic heterocycles. The van der Waals surface area contributed by atoms with Gasteiger partial charge in [0.1, 0.15) is 11.4 Å². The maximum Gasteiger partial charge on any atom is 0.251 e. The molecule has 1 N–H and O–H groups in total. The van der Waals surface area contributed by atoms with E-state index in [1.807, 2.05) is 18.2 Å². The predicted octanol–water partition coefficient (Wildman–Crippen LogP) is 2.09. The zero-order valence-corrected chi connectivity index (χ0v) is 9.33. The Bertz CT molecular complexity index is 717. The van der Waals surface area contributed by atoms with Gasteiger partial charge in [0.25, 0.3) is 5.56 Å². The topological polar surface area (TPSA) is 71.8 Å². The van der Waals surface area contributed by atoms with Gasteiger partial charge in [-0.25, -0.2) is 9.97 Å². The van der Waals surface area contributed by atoms with Crippen LogP contribution < -0.4 is 5.56 Å². The Hall–Kier alpha value is -2.69. The minimum Gasteiger partial charge on any atom is -0.463 e. The Morgan fingerprint density at radius 1 is 1.06 bits per heavy atom. The zero-order valence-electron chi connectivity index (χ0n) is 9.33. The van der Waals surface area contributed by atoms with Crippen molar-refractivity contribution in [3.05, 3.63) is 59.2 Å². The summed E-state index contributed by atoms with van der Waals surface area (Å²) < 4.78 is 5.28. The highest BCUT2D eigenvalue weighted by Gasteiger charge is 2.06. The van der Waals surface area contributed by atoms with Crippen molar-refractivity contribution < 1.29 is 4.42 Å². The fraction of sp³-hybridized carbons (Fsp3) is 0. The van der Waals surface area contributed by atoms with E-state index in [1.165, 1.54) is 12.3 Å². The van der Waals surface area contributed by atoms with E-state index in [2.05, 4.69) is 15.0 Å². The molecule has 3 rings (SSSR count). The van der Waals surface area contributed by atoms with E-state index in [4.69, 9.17) is 4.42 Å². The van der Waals surface area contributed by atoms with Crippen molar-refractivity contribution >= 4 is 0 Å². The first-order valence-corrected chi connectivity index (χ1v) is 5.39. The molecule has 88 valence electrons. The van der Waals surface area contributed by atoms with Gasteiger partial charge in [-0.3, -0.25) is 4.79 Å². The van der Waals surface area contributed by atoms with Gasteiger partial charge in [0.05, 0.1) is 6.26 Å². The van der Waals surface area contributed by atoms with Crippen LogP contribution in [0.15, 0.2) is 58.1 Å². The van der Waals surface area contributed by atoms with Crippen molar-refractivity contribution in [2.24, 2.45) is 0 Å². The minimum atomic E-state index is -0.204. The average Bonchev–Trinajstić information content (AvgIpc) is 2.93. The van der Waals surface area contributed by atoms with Crippen LogP contribution in [0.4, 0.5) is 0 Å². The van der Waals surface area contributed by atoms with Gasteiger partial charge in [0, 0.05) is 12.3 Å². The van der Waals surface area contributed by atoms with Crippen LogP contribution in [-0.2, 0) is 0 Å². The minimum absolute atomic E-state index is 0.204. The molecule has 5 heteroatoms. The highest BCUT2D eigenvalue weighted by molar-refractivity contribution is 5.58. The Morgan fingerprint density at radius 2 is 1.94 bits per heavy atom. The first-order chi connectivity index (χ1) is 8.83. The fourth-order valence-electron chi connectivity index (χ4n) is 1.63. The van der Waals surface area contributed by atoms with Crippen LogP contribution in [0.3, 0.4) is 0 Å². The number of furan rings is 1. The van der Waals surface area contributed by atoms with E-state index in [1.54, 1.807) is 18.4 Å². The normalized spacial score (nSPS) is 10.4. The molecule has 3 aromatic rings. The Kier molecular flexibility index (Phi) is 2.49. The number of hydrogen-bond acceptors (Lipinski definition) is 4. The van der Waals surface area contributed by atoms with Crippen LogP contribution in [0.1, 0.15) is 0 Å². The predicted molar refractivity (Wildman–Crippen MR) is 65.8 cm³/mol. The van der Waals surface area contributed by atoms with E-state index in [0.29, 0.717) is 23.0 Å². The molecule has 0 aliphatic carbocycles. The summed E-state index contributed by atoms with van der Waals surface area (Å²) in [6.07, 6.45) is 3.04. The molecule has 0 radical (unpaired) electrons. The molecular formula is C13H9N3O2. The molecule has 0 aliphatic rings. The smallest absolute Gasteiger partial charge is 0.251 e. The number of nitrogens with one attached hydrogen (secondary N) is 1. The number of aromatic amines is 1. The molecule has 0 aliphatic heterocycles. The molecule has 5 nitrogen and oxygen atoms in total. The lowest BCUT2D eigenvalue weighted by Gasteiger charge is -2.01. The largest absolute Gasteiger partial charge is 0.463 e. The third-order valence-corrected chi connectivity index (χ3v) is 2.44. The van der Waals surface area contributed by atoms with Crippen LogP contribution in [0.25, 0.3) is 23.0 Å². The number of pyridine rings is 1. The third kappa shape index (κ3) is 1.93. The molecule has 18 heavy (non-hydrogen) atoms. The summed E-state index contributed by atoms with van der Waals surface area (Å²) in [5, 5.41) is 0. The number of H-pyrrole nitrogens is 1. The molecule has 3 heterocycles. The van der Waals surface area contributed by atoms with Gasteiger partial charge in [0.15, 0.2) is 11.6 Å². The second-order valence-electron chi connectivity index (χ2n) is 3.67. The maximum absolute atomic E-state index is 11.2. The molecule has 0 spiro atoms. The Balaban J connectivity index is 2.09. The SMILES string of the molecule is O=c1ccnc(-c2cccc(-c3ccco3)n2)[nH]1. The number of aromatic nitrogens is 3. The van der Waals surface area contributed by atoms with E-state index in [0.717, 1.165) is 0 Å². The van der Waals surface area contributed by atoms with Gasteiger partial charge in [-0.05, 0) is 24.3 Å². The lowest BCUT2D eigenvalue weighted by molar-refractivity contribution is 0.580. The maximum atomic E-state index is 11.2. The van der Waals surface area contributed by atoms with Crippen molar-refractivity contribution in [3.8, 4) is 23.0 Å². The van der Waals surface area contributed by atoms with Gasteiger partial charge in [-0.1, -0.05) is 6.07 Å². The van der Waals surface area contributed by atoms with Crippen LogP contribution in [0, 0.1) is 0 Å². The number of hydrogen-bond donors (Lipinski definition) is 1. The molecule has 0 bridgehead atoms. The van der Waals surface area contributed by atoms with E-state index < -0.39 is 0 Å². The van der Waals surface area contributed by atoms with Gasteiger partial charge in [0.2, 0.25) is 0 Å². The average molecular weight is 239 g/mol. The van der Waals surface area contributed by atoms with Crippen LogP contribution in [-0.4, -0.2) is 15.0 Å². The van der Waals surface area contributed by atoms with Gasteiger partial charge < -0.3 is 9.40 Å². The number of nitrogens with zero attached hydrogens (tertiary/aromatic N) is 2. The molecular weight excluding hydrogens is 230 g/mol. The summed E-state index contributed by atoms with van der Waals surface area (Å²) in [6, 6.07) is 10.4. The van der Waals surface area contributed by atoms with Crippen molar-refractivity contribution in [2.45, 2.75) is 0 Å². The molecule has 0 unspecified atom stereocenters. The second-order valence-corrected chi connectivity index (χ2v) is 3.67. The van der Waals surface area contributed by atoms with Crippen molar-refractivity contribution in [1.29, 1.82) is 0 Å². The standard InChI is InChI=1S/C13H9N3O2/c17-12-6-7-14-13(16-12)10-4-1-3-9(15-10)11-5-2-8-18-11/h1-8H,(H,14,16,17). The van der Waals surface area contributed by atoms with Crippen molar-refractivity contribution in [3.63, 3.8) is 0 Å². The summed E-state index contributed by atoms with van der Waals surface area (Å²) in [4.78, 5) is 22.4. The van der Waals surface area contributed by atoms with Gasteiger partial charge in [-0.15, -0.1) is 0 Å².